The molecule has 2 aromatic carbocycles. The lowest BCUT2D eigenvalue weighted by molar-refractivity contribution is 0.697. The van der Waals surface area contributed by atoms with Gasteiger partial charge in [-0.25, -0.2) is 0 Å². The molecule has 0 radical (unpaired) electrons. The van der Waals surface area contributed by atoms with E-state index < -0.39 is 0 Å². The van der Waals surface area contributed by atoms with Crippen molar-refractivity contribution < 1.29 is 0 Å². The first-order valence-electron chi connectivity index (χ1n) is 9.40. The van der Waals surface area contributed by atoms with E-state index in [1.165, 1.54) is 35.1 Å². The molecule has 0 aliphatic carbocycles. The van der Waals surface area contributed by atoms with Crippen molar-refractivity contribution in [1.29, 1.82) is 0 Å². The summed E-state index contributed by atoms with van der Waals surface area (Å²) in [6.45, 7) is 14.7. The molecule has 0 heterocycles. The van der Waals surface area contributed by atoms with E-state index in [0.717, 1.165) is 6.42 Å². The predicted octanol–water partition coefficient (Wildman–Crippen LogP) is 7.54. The van der Waals surface area contributed by atoms with Crippen LogP contribution < -0.4 is 0 Å². The van der Waals surface area contributed by atoms with Gasteiger partial charge >= 0.3 is 0 Å². The van der Waals surface area contributed by atoms with Gasteiger partial charge < -0.3 is 0 Å². The molecular formula is C23H36. The maximum absolute atomic E-state index is 2.38. The Hall–Kier alpha value is -1.56. The second kappa shape index (κ2) is 12.9. The van der Waals surface area contributed by atoms with E-state index in [2.05, 4.69) is 69.3 Å². The van der Waals surface area contributed by atoms with Crippen LogP contribution in [0.3, 0.4) is 0 Å². The molecule has 0 aromatic heterocycles. The summed E-state index contributed by atoms with van der Waals surface area (Å²) in [7, 11) is 0. The largest absolute Gasteiger partial charge is 0.0683 e. The Morgan fingerprint density at radius 1 is 0.783 bits per heavy atom. The van der Waals surface area contributed by atoms with Crippen LogP contribution in [0.25, 0.3) is 0 Å². The summed E-state index contributed by atoms with van der Waals surface area (Å²) in [4.78, 5) is 0. The number of aryl methyl sites for hydroxylation is 2. The number of hydrogen-bond acceptors (Lipinski definition) is 0. The Morgan fingerprint density at radius 2 is 1.35 bits per heavy atom. The molecule has 2 aromatic rings. The molecule has 128 valence electrons. The third-order valence-electron chi connectivity index (χ3n) is 3.78. The van der Waals surface area contributed by atoms with Crippen LogP contribution in [0.5, 0.6) is 0 Å². The minimum Gasteiger partial charge on any atom is -0.0683 e. The molecule has 2 rings (SSSR count). The second-order valence-electron chi connectivity index (χ2n) is 5.35. The minimum atomic E-state index is 0.538. The van der Waals surface area contributed by atoms with Crippen LogP contribution >= 0.6 is 0 Å². The van der Waals surface area contributed by atoms with Crippen LogP contribution in [0.15, 0.2) is 48.5 Å². The maximum atomic E-state index is 2.38. The smallest absolute Gasteiger partial charge is 0.00894 e. The lowest BCUT2D eigenvalue weighted by atomic mass is 9.86. The summed E-state index contributed by atoms with van der Waals surface area (Å²) >= 11 is 0. The average Bonchev–Trinajstić information content (AvgIpc) is 2.63. The van der Waals surface area contributed by atoms with Crippen molar-refractivity contribution in [2.75, 3.05) is 0 Å². The molecule has 1 atom stereocenters. The summed E-state index contributed by atoms with van der Waals surface area (Å²) in [5.74, 6) is 0.538. The first-order valence-corrected chi connectivity index (χ1v) is 9.40. The molecule has 0 nitrogen and oxygen atoms in total. The van der Waals surface area contributed by atoms with Gasteiger partial charge in [0.25, 0.3) is 0 Å². The summed E-state index contributed by atoms with van der Waals surface area (Å²) in [6.07, 6.45) is 3.55. The lowest BCUT2D eigenvalue weighted by Gasteiger charge is -2.18. The van der Waals surface area contributed by atoms with E-state index in [1.807, 2.05) is 27.7 Å². The van der Waals surface area contributed by atoms with Crippen molar-refractivity contribution in [3.8, 4) is 0 Å². The van der Waals surface area contributed by atoms with Gasteiger partial charge in [-0.2, -0.15) is 0 Å². The topological polar surface area (TPSA) is 0 Å². The van der Waals surface area contributed by atoms with Crippen LogP contribution in [0.1, 0.15) is 82.6 Å². The molecular weight excluding hydrogens is 276 g/mol. The summed E-state index contributed by atoms with van der Waals surface area (Å²) in [5.41, 5.74) is 5.71. The van der Waals surface area contributed by atoms with Crippen molar-refractivity contribution in [3.05, 3.63) is 70.8 Å². The molecule has 1 unspecified atom stereocenters. The Bertz CT molecular complexity index is 525. The first kappa shape index (κ1) is 21.4. The molecule has 0 fully saturated rings. The Kier molecular flexibility index (Phi) is 12.1. The van der Waals surface area contributed by atoms with Crippen molar-refractivity contribution in [2.45, 2.75) is 73.6 Å². The van der Waals surface area contributed by atoms with Crippen molar-refractivity contribution in [3.63, 3.8) is 0 Å². The Balaban J connectivity index is 0.00000112. The summed E-state index contributed by atoms with van der Waals surface area (Å²) in [5, 5.41) is 0. The molecule has 0 aliphatic rings. The van der Waals surface area contributed by atoms with E-state index in [4.69, 9.17) is 0 Å². The number of benzene rings is 2. The summed E-state index contributed by atoms with van der Waals surface area (Å²) < 4.78 is 0. The molecule has 0 saturated carbocycles. The molecule has 0 saturated heterocycles. The van der Waals surface area contributed by atoms with Crippen LogP contribution in [0.2, 0.25) is 0 Å². The van der Waals surface area contributed by atoms with E-state index in [9.17, 15) is 0 Å². The Morgan fingerprint density at radius 3 is 1.87 bits per heavy atom. The first-order chi connectivity index (χ1) is 11.2. The molecule has 0 bridgehead atoms. The maximum Gasteiger partial charge on any atom is 0.00894 e. The van der Waals surface area contributed by atoms with Gasteiger partial charge in [0.2, 0.25) is 0 Å². The zero-order valence-corrected chi connectivity index (χ0v) is 16.3. The van der Waals surface area contributed by atoms with Gasteiger partial charge in [0.05, 0.1) is 0 Å². The van der Waals surface area contributed by atoms with Crippen molar-refractivity contribution >= 4 is 0 Å². The van der Waals surface area contributed by atoms with Crippen molar-refractivity contribution in [1.82, 2.24) is 0 Å². The predicted molar refractivity (Wildman–Crippen MR) is 106 cm³/mol. The van der Waals surface area contributed by atoms with Gasteiger partial charge in [0.15, 0.2) is 0 Å². The van der Waals surface area contributed by atoms with E-state index >= 15 is 0 Å². The van der Waals surface area contributed by atoms with Gasteiger partial charge in [-0.05, 0) is 36.5 Å². The van der Waals surface area contributed by atoms with Crippen molar-refractivity contribution in [2.24, 2.45) is 0 Å². The highest BCUT2D eigenvalue weighted by molar-refractivity contribution is 5.36. The molecule has 0 aliphatic heterocycles. The normalized spacial score (nSPS) is 10.7. The number of rotatable bonds is 5. The zero-order chi connectivity index (χ0) is 17.7. The summed E-state index contributed by atoms with van der Waals surface area (Å²) in [6, 6.07) is 18.0. The Labute approximate surface area is 145 Å². The van der Waals surface area contributed by atoms with Gasteiger partial charge in [-0.3, -0.25) is 0 Å². The highest BCUT2D eigenvalue weighted by Gasteiger charge is 2.13. The van der Waals surface area contributed by atoms with E-state index in [-0.39, 0.29) is 0 Å². The minimum absolute atomic E-state index is 0.538. The molecule has 0 N–H and O–H groups in total. The van der Waals surface area contributed by atoms with Gasteiger partial charge in [0, 0.05) is 5.92 Å². The van der Waals surface area contributed by atoms with Crippen LogP contribution in [0.4, 0.5) is 0 Å². The van der Waals surface area contributed by atoms with Crippen LogP contribution in [0, 0.1) is 6.92 Å². The SMILES string of the molecule is CC.CC.CCCC(c1cccc(C)c1)c1cccc(CC)c1. The molecule has 23 heavy (non-hydrogen) atoms. The lowest BCUT2D eigenvalue weighted by Crippen LogP contribution is -2.02. The van der Waals surface area contributed by atoms with E-state index in [0.29, 0.717) is 5.92 Å². The highest BCUT2D eigenvalue weighted by Crippen LogP contribution is 2.30. The second-order valence-corrected chi connectivity index (χ2v) is 5.35. The molecule has 0 amide bonds. The standard InChI is InChI=1S/C19H24.2C2H6/c1-4-8-19(17-11-6-9-15(3)13-17)18-12-7-10-16(5-2)14-18;2*1-2/h6-7,9-14,19H,4-5,8H2,1-3H3;2*1-2H3. The fourth-order valence-corrected chi connectivity index (χ4v) is 2.73. The van der Waals surface area contributed by atoms with E-state index in [1.54, 1.807) is 0 Å². The fraction of sp³-hybridized carbons (Fsp3) is 0.478. The molecule has 0 heteroatoms. The fourth-order valence-electron chi connectivity index (χ4n) is 2.73. The number of hydrogen-bond donors (Lipinski definition) is 0. The molecule has 0 spiro atoms. The quantitative estimate of drug-likeness (QED) is 0.535. The zero-order valence-electron chi connectivity index (χ0n) is 16.3. The average molecular weight is 313 g/mol. The van der Waals surface area contributed by atoms with Gasteiger partial charge in [-0.1, -0.05) is 102 Å². The van der Waals surface area contributed by atoms with Gasteiger partial charge in [-0.15, -0.1) is 0 Å². The van der Waals surface area contributed by atoms with Gasteiger partial charge in [0.1, 0.15) is 0 Å². The van der Waals surface area contributed by atoms with Crippen LogP contribution in [-0.4, -0.2) is 0 Å². The third kappa shape index (κ3) is 7.03. The third-order valence-corrected chi connectivity index (χ3v) is 3.78. The van der Waals surface area contributed by atoms with Crippen LogP contribution in [-0.2, 0) is 6.42 Å². The highest BCUT2D eigenvalue weighted by atomic mass is 14.2. The monoisotopic (exact) mass is 312 g/mol.